The van der Waals surface area contributed by atoms with Crippen molar-refractivity contribution >= 4 is 23.3 Å². The highest BCUT2D eigenvalue weighted by Gasteiger charge is 2.20. The van der Waals surface area contributed by atoms with Crippen molar-refractivity contribution < 1.29 is 14.3 Å². The Bertz CT molecular complexity index is 843. The van der Waals surface area contributed by atoms with Crippen LogP contribution in [0.4, 0.5) is 11.5 Å². The lowest BCUT2D eigenvalue weighted by Gasteiger charge is -2.27. The molecule has 0 radical (unpaired) electrons. The van der Waals surface area contributed by atoms with E-state index in [4.69, 9.17) is 4.74 Å². The number of nitrogens with one attached hydrogen (secondary N) is 2. The molecule has 0 aliphatic carbocycles. The Hall–Kier alpha value is -2.93. The van der Waals surface area contributed by atoms with E-state index in [0.717, 1.165) is 11.4 Å². The lowest BCUT2D eigenvalue weighted by molar-refractivity contribution is 0.0302. The number of hydrogen-bond acceptors (Lipinski definition) is 5. The van der Waals surface area contributed by atoms with Gasteiger partial charge in [-0.15, -0.1) is 0 Å². The van der Waals surface area contributed by atoms with Gasteiger partial charge in [-0.1, -0.05) is 6.07 Å². The van der Waals surface area contributed by atoms with Gasteiger partial charge in [-0.25, -0.2) is 4.98 Å². The Balaban J connectivity index is 1.71. The van der Waals surface area contributed by atoms with Crippen LogP contribution >= 0.6 is 0 Å². The molecule has 1 aromatic carbocycles. The minimum absolute atomic E-state index is 0.0392. The van der Waals surface area contributed by atoms with E-state index in [1.807, 2.05) is 26.8 Å². The molecule has 2 aromatic rings. The summed E-state index contributed by atoms with van der Waals surface area (Å²) >= 11 is 0. The van der Waals surface area contributed by atoms with E-state index in [1.54, 1.807) is 29.2 Å². The molecule has 1 fully saturated rings. The van der Waals surface area contributed by atoms with Crippen molar-refractivity contribution in [1.29, 1.82) is 0 Å². The molecule has 0 bridgehead atoms. The first-order valence-electron chi connectivity index (χ1n) is 9.45. The van der Waals surface area contributed by atoms with Gasteiger partial charge in [0.25, 0.3) is 11.8 Å². The van der Waals surface area contributed by atoms with Gasteiger partial charge in [-0.2, -0.15) is 0 Å². The molecule has 3 rings (SSSR count). The van der Waals surface area contributed by atoms with Crippen molar-refractivity contribution in [3.8, 4) is 0 Å². The van der Waals surface area contributed by atoms with Gasteiger partial charge >= 0.3 is 0 Å². The van der Waals surface area contributed by atoms with Crippen molar-refractivity contribution in [2.24, 2.45) is 0 Å². The van der Waals surface area contributed by atoms with Crippen molar-refractivity contribution in [2.45, 2.75) is 26.8 Å². The zero-order valence-corrected chi connectivity index (χ0v) is 16.5. The first-order valence-corrected chi connectivity index (χ1v) is 9.45. The molecule has 1 aliphatic heterocycles. The zero-order valence-electron chi connectivity index (χ0n) is 16.5. The van der Waals surface area contributed by atoms with Gasteiger partial charge < -0.3 is 20.3 Å². The molecule has 0 atom stereocenters. The summed E-state index contributed by atoms with van der Waals surface area (Å²) < 4.78 is 5.31. The Morgan fingerprint density at radius 2 is 1.89 bits per heavy atom. The fraction of sp³-hybridized carbons (Fsp3) is 0.381. The van der Waals surface area contributed by atoms with E-state index in [-0.39, 0.29) is 17.9 Å². The van der Waals surface area contributed by atoms with Gasteiger partial charge in [0.2, 0.25) is 0 Å². The summed E-state index contributed by atoms with van der Waals surface area (Å²) in [7, 11) is 0. The number of nitrogens with zero attached hydrogens (tertiary/aromatic N) is 2. The second-order valence-corrected chi connectivity index (χ2v) is 7.12. The molecule has 0 saturated carbocycles. The minimum atomic E-state index is -0.266. The molecule has 2 heterocycles. The van der Waals surface area contributed by atoms with Crippen LogP contribution in [-0.2, 0) is 4.74 Å². The number of carbonyl (C=O) groups excluding carboxylic acids is 2. The fourth-order valence-corrected chi connectivity index (χ4v) is 2.98. The van der Waals surface area contributed by atoms with Gasteiger partial charge in [0, 0.05) is 36.6 Å². The third-order valence-electron chi connectivity index (χ3n) is 4.49. The number of rotatable bonds is 5. The number of pyridine rings is 1. The molecule has 2 N–H and O–H groups in total. The molecule has 2 amide bonds. The number of morpholine rings is 1. The summed E-state index contributed by atoms with van der Waals surface area (Å²) in [4.78, 5) is 31.4. The molecule has 0 spiro atoms. The highest BCUT2D eigenvalue weighted by Crippen LogP contribution is 2.19. The zero-order chi connectivity index (χ0) is 20.1. The third kappa shape index (κ3) is 4.86. The van der Waals surface area contributed by atoms with Crippen molar-refractivity contribution in [1.82, 2.24) is 9.88 Å². The van der Waals surface area contributed by atoms with Crippen molar-refractivity contribution in [2.75, 3.05) is 36.9 Å². The number of benzene rings is 1. The molecule has 7 heteroatoms. The first kappa shape index (κ1) is 19.8. The van der Waals surface area contributed by atoms with Crippen LogP contribution in [0.2, 0.25) is 0 Å². The largest absolute Gasteiger partial charge is 0.378 e. The summed E-state index contributed by atoms with van der Waals surface area (Å²) in [6.45, 7) is 8.20. The molecule has 148 valence electrons. The van der Waals surface area contributed by atoms with E-state index in [9.17, 15) is 9.59 Å². The molecule has 7 nitrogen and oxygen atoms in total. The van der Waals surface area contributed by atoms with Gasteiger partial charge in [-0.3, -0.25) is 9.59 Å². The van der Waals surface area contributed by atoms with Gasteiger partial charge in [0.05, 0.1) is 18.8 Å². The fourth-order valence-electron chi connectivity index (χ4n) is 2.98. The first-order chi connectivity index (χ1) is 13.4. The molecule has 1 aliphatic rings. The van der Waals surface area contributed by atoms with Gasteiger partial charge in [0.15, 0.2) is 0 Å². The van der Waals surface area contributed by atoms with E-state index in [1.165, 1.54) is 6.20 Å². The average molecular weight is 382 g/mol. The van der Waals surface area contributed by atoms with E-state index < -0.39 is 0 Å². The maximum atomic E-state index is 12.8. The van der Waals surface area contributed by atoms with Crippen LogP contribution in [-0.4, -0.2) is 54.0 Å². The predicted octanol–water partition coefficient (Wildman–Crippen LogP) is 2.94. The van der Waals surface area contributed by atoms with Crippen LogP contribution in [0.1, 0.15) is 40.1 Å². The smallest absolute Gasteiger partial charge is 0.257 e. The lowest BCUT2D eigenvalue weighted by atomic mass is 10.1. The summed E-state index contributed by atoms with van der Waals surface area (Å²) in [6.07, 6.45) is 1.54. The number of amides is 2. The topological polar surface area (TPSA) is 83.6 Å². The molecule has 0 unspecified atom stereocenters. The number of hydrogen-bond donors (Lipinski definition) is 2. The van der Waals surface area contributed by atoms with Crippen LogP contribution in [0, 0.1) is 6.92 Å². The van der Waals surface area contributed by atoms with Crippen LogP contribution in [0.5, 0.6) is 0 Å². The molecule has 28 heavy (non-hydrogen) atoms. The lowest BCUT2D eigenvalue weighted by Crippen LogP contribution is -2.41. The highest BCUT2D eigenvalue weighted by molar-refractivity contribution is 6.05. The van der Waals surface area contributed by atoms with E-state index >= 15 is 0 Å². The van der Waals surface area contributed by atoms with Crippen LogP contribution in [0.15, 0.2) is 36.5 Å². The maximum Gasteiger partial charge on any atom is 0.257 e. The minimum Gasteiger partial charge on any atom is -0.378 e. The number of aryl methyl sites for hydroxylation is 1. The number of ether oxygens (including phenoxy) is 1. The predicted molar refractivity (Wildman–Crippen MR) is 109 cm³/mol. The Morgan fingerprint density at radius 3 is 2.54 bits per heavy atom. The number of anilines is 2. The average Bonchev–Trinajstić information content (AvgIpc) is 2.69. The van der Waals surface area contributed by atoms with Gasteiger partial charge in [0.1, 0.15) is 5.82 Å². The number of aromatic nitrogens is 1. The summed E-state index contributed by atoms with van der Waals surface area (Å²) in [5.41, 5.74) is 2.50. The molecule has 1 saturated heterocycles. The van der Waals surface area contributed by atoms with E-state index in [2.05, 4.69) is 15.6 Å². The van der Waals surface area contributed by atoms with Crippen LogP contribution in [0.3, 0.4) is 0 Å². The van der Waals surface area contributed by atoms with Crippen LogP contribution in [0.25, 0.3) is 0 Å². The van der Waals surface area contributed by atoms with Crippen molar-refractivity contribution in [3.63, 3.8) is 0 Å². The Morgan fingerprint density at radius 1 is 1.14 bits per heavy atom. The normalized spacial score (nSPS) is 14.1. The molecular weight excluding hydrogens is 356 g/mol. The summed E-state index contributed by atoms with van der Waals surface area (Å²) in [5.74, 6) is 0.417. The van der Waals surface area contributed by atoms with Gasteiger partial charge in [-0.05, 0) is 50.6 Å². The second-order valence-electron chi connectivity index (χ2n) is 7.12. The highest BCUT2D eigenvalue weighted by atomic mass is 16.5. The maximum absolute atomic E-state index is 12.8. The summed E-state index contributed by atoms with van der Waals surface area (Å²) in [6, 6.07) is 9.14. The van der Waals surface area contributed by atoms with Crippen molar-refractivity contribution in [3.05, 3.63) is 53.2 Å². The standard InChI is InChI=1S/C21H26N4O3/c1-14(2)23-19-7-5-16(13-22-19)20(26)24-17-6-4-15(3)18(12-17)21(27)25-8-10-28-11-9-25/h4-7,12-14H,8-11H2,1-3H3,(H,22,23)(H,24,26). The van der Waals surface area contributed by atoms with Crippen LogP contribution < -0.4 is 10.6 Å². The molecule has 1 aromatic heterocycles. The second kappa shape index (κ2) is 8.84. The monoisotopic (exact) mass is 382 g/mol. The third-order valence-corrected chi connectivity index (χ3v) is 4.49. The Kier molecular flexibility index (Phi) is 6.26. The summed E-state index contributed by atoms with van der Waals surface area (Å²) in [5, 5.41) is 6.03. The Labute approximate surface area is 165 Å². The molecular formula is C21H26N4O3. The quantitative estimate of drug-likeness (QED) is 0.831. The number of carbonyl (C=O) groups is 2. The van der Waals surface area contributed by atoms with E-state index in [0.29, 0.717) is 43.1 Å². The SMILES string of the molecule is Cc1ccc(NC(=O)c2ccc(NC(C)C)nc2)cc1C(=O)N1CCOCC1.